The third kappa shape index (κ3) is 6.66. The molecule has 1 aromatic heterocycles. The largest absolute Gasteiger partial charge is 0.390 e. The molecule has 2 amide bonds. The summed E-state index contributed by atoms with van der Waals surface area (Å²) in [6.07, 6.45) is 6.77. The molecule has 43 heavy (non-hydrogen) atoms. The van der Waals surface area contributed by atoms with Crippen molar-refractivity contribution in [1.29, 1.82) is 0 Å². The van der Waals surface area contributed by atoms with Crippen molar-refractivity contribution in [2.24, 2.45) is 17.6 Å². The number of rotatable bonds is 7. The molecule has 1 saturated heterocycles. The molecular weight excluding hydrogens is 540 g/mol. The summed E-state index contributed by atoms with van der Waals surface area (Å²) in [5, 5.41) is 13.3. The fourth-order valence-corrected chi connectivity index (χ4v) is 7.22. The van der Waals surface area contributed by atoms with Crippen LogP contribution in [0.2, 0.25) is 0 Å². The number of hydrogen-bond donors (Lipinski definition) is 3. The number of carbonyl (C=O) groups excluding carboxylic acids is 2. The van der Waals surface area contributed by atoms with Crippen LogP contribution < -0.4 is 11.1 Å². The maximum Gasteiger partial charge on any atom is 0.225 e. The van der Waals surface area contributed by atoms with Crippen LogP contribution in [0, 0.1) is 11.8 Å². The van der Waals surface area contributed by atoms with E-state index in [2.05, 4.69) is 34.6 Å². The zero-order chi connectivity index (χ0) is 30.0. The minimum atomic E-state index is -0.709. The van der Waals surface area contributed by atoms with Gasteiger partial charge in [0.25, 0.3) is 0 Å². The summed E-state index contributed by atoms with van der Waals surface area (Å²) in [7, 11) is 0. The molecular formula is C35H42N4O4. The van der Waals surface area contributed by atoms with Gasteiger partial charge in [0.2, 0.25) is 11.8 Å². The Balaban J connectivity index is 1.12. The Morgan fingerprint density at radius 3 is 2.28 bits per heavy atom. The van der Waals surface area contributed by atoms with Crippen LogP contribution in [-0.2, 0) is 19.9 Å². The van der Waals surface area contributed by atoms with E-state index in [1.165, 1.54) is 0 Å². The first-order chi connectivity index (χ1) is 20.7. The number of pyridine rings is 1. The molecule has 6 rings (SSSR count). The third-order valence-corrected chi connectivity index (χ3v) is 9.41. The highest BCUT2D eigenvalue weighted by Gasteiger charge is 2.49. The smallest absolute Gasteiger partial charge is 0.225 e. The van der Waals surface area contributed by atoms with Crippen molar-refractivity contribution >= 4 is 17.6 Å². The van der Waals surface area contributed by atoms with Crippen molar-refractivity contribution in [1.82, 2.24) is 9.88 Å². The SMILES string of the molecule is C[C@]1(O)C[C@@](N)(c2ccc(-c3cnc(NC(=O)C[C@H]4CC[C@H](C(=O)N5CCOCC5)CC4)cc3-c3ccccc3)cc2)C1. The topological polar surface area (TPSA) is 118 Å². The number of benzene rings is 2. The van der Waals surface area contributed by atoms with Gasteiger partial charge in [-0.1, -0.05) is 54.6 Å². The highest BCUT2D eigenvalue weighted by atomic mass is 16.5. The van der Waals surface area contributed by atoms with Crippen LogP contribution in [0.5, 0.6) is 0 Å². The Kier molecular flexibility index (Phi) is 8.36. The maximum atomic E-state index is 13.1. The van der Waals surface area contributed by atoms with Gasteiger partial charge >= 0.3 is 0 Å². The monoisotopic (exact) mass is 582 g/mol. The third-order valence-electron chi connectivity index (χ3n) is 9.41. The molecule has 1 aliphatic heterocycles. The zero-order valence-electron chi connectivity index (χ0n) is 24.9. The number of nitrogens with zero attached hydrogens (tertiary/aromatic N) is 2. The molecule has 2 aliphatic carbocycles. The second-order valence-electron chi connectivity index (χ2n) is 13.0. The van der Waals surface area contributed by atoms with Crippen molar-refractivity contribution < 1.29 is 19.4 Å². The van der Waals surface area contributed by atoms with Crippen molar-refractivity contribution in [2.75, 3.05) is 31.6 Å². The standard InChI is InChI=1S/C35H42N4O4/c1-34(42)22-35(36,23-34)28-13-11-26(12-14-28)30-21-37-31(20-29(30)25-5-3-2-4-6-25)38-32(40)19-24-7-9-27(10-8-24)33(41)39-15-17-43-18-16-39/h2-6,11-14,20-21,24,27,42H,7-10,15-19,22-23,36H2,1H3,(H,37,38,40)/t24-,27-,34-,35-. The molecule has 2 aromatic carbocycles. The molecule has 2 heterocycles. The van der Waals surface area contributed by atoms with E-state index in [-0.39, 0.29) is 23.7 Å². The average Bonchev–Trinajstić information content (AvgIpc) is 3.01. The number of hydrogen-bond acceptors (Lipinski definition) is 6. The molecule has 0 bridgehead atoms. The number of amides is 2. The lowest BCUT2D eigenvalue weighted by atomic mass is 9.63. The fourth-order valence-electron chi connectivity index (χ4n) is 7.22. The zero-order valence-corrected chi connectivity index (χ0v) is 24.9. The first-order valence-corrected chi connectivity index (χ1v) is 15.5. The predicted molar refractivity (Wildman–Crippen MR) is 167 cm³/mol. The molecule has 8 nitrogen and oxygen atoms in total. The Bertz CT molecular complexity index is 1430. The Morgan fingerprint density at radius 1 is 0.977 bits per heavy atom. The Hall–Kier alpha value is -3.59. The quantitative estimate of drug-likeness (QED) is 0.357. The molecule has 0 radical (unpaired) electrons. The van der Waals surface area contributed by atoms with E-state index < -0.39 is 11.1 Å². The second kappa shape index (κ2) is 12.2. The van der Waals surface area contributed by atoms with Crippen LogP contribution in [0.3, 0.4) is 0 Å². The maximum absolute atomic E-state index is 13.1. The fraction of sp³-hybridized carbons (Fsp3) is 0.457. The van der Waals surface area contributed by atoms with Crippen molar-refractivity contribution in [3.63, 3.8) is 0 Å². The summed E-state index contributed by atoms with van der Waals surface area (Å²) in [5.74, 6) is 1.06. The number of carbonyl (C=O) groups is 2. The number of nitrogens with one attached hydrogen (secondary N) is 1. The summed E-state index contributed by atoms with van der Waals surface area (Å²) >= 11 is 0. The lowest BCUT2D eigenvalue weighted by molar-refractivity contribution is -0.141. The van der Waals surface area contributed by atoms with Crippen molar-refractivity contribution in [3.05, 3.63) is 72.4 Å². The lowest BCUT2D eigenvalue weighted by Crippen LogP contribution is -2.58. The molecule has 0 unspecified atom stereocenters. The normalized spacial score (nSPS) is 27.3. The van der Waals surface area contributed by atoms with E-state index in [1.54, 1.807) is 0 Å². The van der Waals surface area contributed by atoms with Crippen LogP contribution in [-0.4, -0.2) is 58.7 Å². The molecule has 2 saturated carbocycles. The van der Waals surface area contributed by atoms with Crippen molar-refractivity contribution in [2.45, 2.75) is 63.0 Å². The van der Waals surface area contributed by atoms with Gasteiger partial charge < -0.3 is 25.8 Å². The first-order valence-electron chi connectivity index (χ1n) is 15.5. The summed E-state index contributed by atoms with van der Waals surface area (Å²) in [4.78, 5) is 32.5. The van der Waals surface area contributed by atoms with Gasteiger partial charge in [-0.25, -0.2) is 4.98 Å². The van der Waals surface area contributed by atoms with Gasteiger partial charge in [-0.2, -0.15) is 0 Å². The highest BCUT2D eigenvalue weighted by molar-refractivity contribution is 5.92. The van der Waals surface area contributed by atoms with Gasteiger partial charge in [-0.05, 0) is 79.7 Å². The summed E-state index contributed by atoms with van der Waals surface area (Å²) in [5.41, 5.74) is 10.3. The highest BCUT2D eigenvalue weighted by Crippen LogP contribution is 2.46. The van der Waals surface area contributed by atoms with Crippen molar-refractivity contribution in [3.8, 4) is 22.3 Å². The predicted octanol–water partition coefficient (Wildman–Crippen LogP) is 5.11. The molecule has 226 valence electrons. The van der Waals surface area contributed by atoms with E-state index in [1.807, 2.05) is 54.4 Å². The minimum absolute atomic E-state index is 0.0452. The molecule has 3 aromatic rings. The van der Waals surface area contributed by atoms with Gasteiger partial charge in [-0.3, -0.25) is 9.59 Å². The molecule has 4 N–H and O–H groups in total. The first kappa shape index (κ1) is 29.5. The minimum Gasteiger partial charge on any atom is -0.390 e. The van der Waals surface area contributed by atoms with Crippen LogP contribution in [0.25, 0.3) is 22.3 Å². The lowest BCUT2D eigenvalue weighted by Gasteiger charge is -2.49. The van der Waals surface area contributed by atoms with Gasteiger partial charge in [0, 0.05) is 42.7 Å². The number of morpholine rings is 1. The van der Waals surface area contributed by atoms with Gasteiger partial charge in [0.15, 0.2) is 0 Å². The van der Waals surface area contributed by atoms with Crippen LogP contribution in [0.15, 0.2) is 66.9 Å². The number of nitrogens with two attached hydrogens (primary N) is 1. The molecule has 0 spiro atoms. The van der Waals surface area contributed by atoms with Crippen LogP contribution in [0.1, 0.15) is 57.4 Å². The summed E-state index contributed by atoms with van der Waals surface area (Å²) < 4.78 is 5.38. The molecule has 0 atom stereocenters. The summed E-state index contributed by atoms with van der Waals surface area (Å²) in [6.45, 7) is 4.43. The van der Waals surface area contributed by atoms with Gasteiger partial charge in [0.05, 0.1) is 18.8 Å². The van der Waals surface area contributed by atoms with E-state index in [0.717, 1.165) is 53.5 Å². The van der Waals surface area contributed by atoms with Crippen LogP contribution in [0.4, 0.5) is 5.82 Å². The van der Waals surface area contributed by atoms with Gasteiger partial charge in [0.1, 0.15) is 5.82 Å². The number of anilines is 1. The van der Waals surface area contributed by atoms with E-state index >= 15 is 0 Å². The molecule has 3 aliphatic rings. The van der Waals surface area contributed by atoms with Gasteiger partial charge in [-0.15, -0.1) is 0 Å². The summed E-state index contributed by atoms with van der Waals surface area (Å²) in [6, 6.07) is 20.2. The average molecular weight is 583 g/mol. The molecule has 3 fully saturated rings. The number of ether oxygens (including phenoxy) is 1. The van der Waals surface area contributed by atoms with E-state index in [4.69, 9.17) is 10.5 Å². The number of aromatic nitrogens is 1. The second-order valence-corrected chi connectivity index (χ2v) is 13.0. The van der Waals surface area contributed by atoms with Crippen LogP contribution >= 0.6 is 0 Å². The van der Waals surface area contributed by atoms with E-state index in [0.29, 0.717) is 51.4 Å². The Labute approximate surface area is 253 Å². The number of aliphatic hydroxyl groups is 1. The van der Waals surface area contributed by atoms with E-state index in [9.17, 15) is 14.7 Å². The Morgan fingerprint density at radius 2 is 1.63 bits per heavy atom. The molecule has 8 heteroatoms.